The highest BCUT2D eigenvalue weighted by molar-refractivity contribution is 7.89. The van der Waals surface area contributed by atoms with Gasteiger partial charge < -0.3 is 11.1 Å². The van der Waals surface area contributed by atoms with Crippen LogP contribution >= 0.6 is 0 Å². The van der Waals surface area contributed by atoms with E-state index in [1.807, 2.05) is 6.92 Å². The predicted octanol–water partition coefficient (Wildman–Crippen LogP) is 1.08. The minimum Gasteiger partial charge on any atom is -0.398 e. The first kappa shape index (κ1) is 17.5. The van der Waals surface area contributed by atoms with Crippen molar-refractivity contribution in [2.45, 2.75) is 38.5 Å². The molecule has 1 aromatic carbocycles. The lowest BCUT2D eigenvalue weighted by atomic mass is 10.1. The molecule has 0 aromatic heterocycles. The predicted molar refractivity (Wildman–Crippen MR) is 83.4 cm³/mol. The zero-order valence-electron chi connectivity index (χ0n) is 12.7. The molecule has 0 heterocycles. The summed E-state index contributed by atoms with van der Waals surface area (Å²) in [6, 6.07) is 3.30. The number of rotatable bonds is 7. The monoisotopic (exact) mass is 313 g/mol. The maximum atomic E-state index is 12.3. The zero-order valence-corrected chi connectivity index (χ0v) is 13.5. The van der Waals surface area contributed by atoms with Crippen molar-refractivity contribution < 1.29 is 13.2 Å². The third-order valence-electron chi connectivity index (χ3n) is 3.05. The van der Waals surface area contributed by atoms with Crippen LogP contribution < -0.4 is 15.8 Å². The van der Waals surface area contributed by atoms with Gasteiger partial charge in [0.1, 0.15) is 0 Å². The van der Waals surface area contributed by atoms with Crippen molar-refractivity contribution in [3.8, 4) is 0 Å². The Morgan fingerprint density at radius 2 is 1.90 bits per heavy atom. The Hall–Kier alpha value is -1.60. The van der Waals surface area contributed by atoms with E-state index in [4.69, 9.17) is 5.73 Å². The van der Waals surface area contributed by atoms with E-state index in [2.05, 4.69) is 10.0 Å². The molecule has 0 aliphatic carbocycles. The van der Waals surface area contributed by atoms with Crippen LogP contribution in [0.3, 0.4) is 0 Å². The SMILES string of the molecule is CCCNC(=O)CCNS(=O)(=O)c1cc(C)cc(N)c1C. The van der Waals surface area contributed by atoms with Crippen molar-refractivity contribution in [2.24, 2.45) is 0 Å². The van der Waals surface area contributed by atoms with Gasteiger partial charge in [-0.1, -0.05) is 6.92 Å². The lowest BCUT2D eigenvalue weighted by Gasteiger charge is -2.12. The van der Waals surface area contributed by atoms with Gasteiger partial charge in [-0.25, -0.2) is 13.1 Å². The van der Waals surface area contributed by atoms with Crippen LogP contribution in [0.15, 0.2) is 17.0 Å². The Balaban J connectivity index is 2.73. The average Bonchev–Trinajstić information content (AvgIpc) is 2.40. The second-order valence-corrected chi connectivity index (χ2v) is 6.71. The van der Waals surface area contributed by atoms with E-state index in [0.29, 0.717) is 17.8 Å². The van der Waals surface area contributed by atoms with Gasteiger partial charge in [0.15, 0.2) is 0 Å². The number of nitrogen functional groups attached to an aromatic ring is 1. The fourth-order valence-corrected chi connectivity index (χ4v) is 3.25. The third-order valence-corrected chi connectivity index (χ3v) is 4.64. The molecule has 21 heavy (non-hydrogen) atoms. The first-order chi connectivity index (χ1) is 9.77. The third kappa shape index (κ3) is 5.02. The second-order valence-electron chi connectivity index (χ2n) is 4.98. The normalized spacial score (nSPS) is 11.4. The van der Waals surface area contributed by atoms with Crippen molar-refractivity contribution in [2.75, 3.05) is 18.8 Å². The number of carbonyl (C=O) groups excluding carboxylic acids is 1. The number of sulfonamides is 1. The number of nitrogens with one attached hydrogen (secondary N) is 2. The fraction of sp³-hybridized carbons (Fsp3) is 0.500. The van der Waals surface area contributed by atoms with Gasteiger partial charge in [-0.3, -0.25) is 4.79 Å². The molecule has 118 valence electrons. The van der Waals surface area contributed by atoms with Gasteiger partial charge in [-0.15, -0.1) is 0 Å². The molecule has 7 heteroatoms. The highest BCUT2D eigenvalue weighted by atomic mass is 32.2. The smallest absolute Gasteiger partial charge is 0.240 e. The summed E-state index contributed by atoms with van der Waals surface area (Å²) in [5.74, 6) is -0.167. The van der Waals surface area contributed by atoms with Crippen LogP contribution in [0.25, 0.3) is 0 Å². The van der Waals surface area contributed by atoms with Gasteiger partial charge in [-0.05, 0) is 43.5 Å². The molecule has 0 fully saturated rings. The first-order valence-corrected chi connectivity index (χ1v) is 8.39. The molecule has 6 nitrogen and oxygen atoms in total. The van der Waals surface area contributed by atoms with Gasteiger partial charge in [-0.2, -0.15) is 0 Å². The summed E-state index contributed by atoms with van der Waals surface area (Å²) in [6.45, 7) is 6.06. The molecule has 1 aromatic rings. The maximum absolute atomic E-state index is 12.3. The number of carbonyl (C=O) groups is 1. The maximum Gasteiger partial charge on any atom is 0.240 e. The van der Waals surface area contributed by atoms with E-state index in [1.54, 1.807) is 26.0 Å². The molecule has 0 radical (unpaired) electrons. The Morgan fingerprint density at radius 3 is 2.52 bits per heavy atom. The molecule has 0 bridgehead atoms. The number of nitrogens with two attached hydrogens (primary N) is 1. The van der Waals surface area contributed by atoms with Gasteiger partial charge in [0, 0.05) is 25.2 Å². The van der Waals surface area contributed by atoms with E-state index >= 15 is 0 Å². The Morgan fingerprint density at radius 1 is 1.24 bits per heavy atom. The number of anilines is 1. The summed E-state index contributed by atoms with van der Waals surface area (Å²) in [5, 5.41) is 2.69. The first-order valence-electron chi connectivity index (χ1n) is 6.91. The lowest BCUT2D eigenvalue weighted by Crippen LogP contribution is -2.31. The van der Waals surface area contributed by atoms with E-state index in [1.165, 1.54) is 0 Å². The van der Waals surface area contributed by atoms with Crippen LogP contribution in [-0.2, 0) is 14.8 Å². The molecular weight excluding hydrogens is 290 g/mol. The van der Waals surface area contributed by atoms with Crippen LogP contribution in [0.2, 0.25) is 0 Å². The number of amides is 1. The quantitative estimate of drug-likeness (QED) is 0.656. The molecule has 0 atom stereocenters. The van der Waals surface area contributed by atoms with Crippen molar-refractivity contribution in [3.63, 3.8) is 0 Å². The number of hydrogen-bond acceptors (Lipinski definition) is 4. The number of benzene rings is 1. The number of hydrogen-bond donors (Lipinski definition) is 3. The van der Waals surface area contributed by atoms with Crippen LogP contribution in [0.4, 0.5) is 5.69 Å². The van der Waals surface area contributed by atoms with E-state index in [-0.39, 0.29) is 23.8 Å². The molecule has 0 unspecified atom stereocenters. The molecule has 1 rings (SSSR count). The highest BCUT2D eigenvalue weighted by Gasteiger charge is 2.18. The van der Waals surface area contributed by atoms with Crippen LogP contribution in [0.5, 0.6) is 0 Å². The highest BCUT2D eigenvalue weighted by Crippen LogP contribution is 2.22. The zero-order chi connectivity index (χ0) is 16.0. The lowest BCUT2D eigenvalue weighted by molar-refractivity contribution is -0.120. The van der Waals surface area contributed by atoms with Crippen molar-refractivity contribution in [3.05, 3.63) is 23.3 Å². The van der Waals surface area contributed by atoms with Crippen molar-refractivity contribution >= 4 is 21.6 Å². The second kappa shape index (κ2) is 7.42. The molecule has 0 saturated heterocycles. The molecule has 1 amide bonds. The topological polar surface area (TPSA) is 101 Å². The standard InChI is InChI=1S/C14H23N3O3S/c1-4-6-16-14(18)5-7-17-21(19,20)13-9-10(2)8-12(15)11(13)3/h8-9,17H,4-7,15H2,1-3H3,(H,16,18). The molecule has 0 saturated carbocycles. The molecule has 0 spiro atoms. The minimum atomic E-state index is -3.66. The Labute approximate surface area is 126 Å². The summed E-state index contributed by atoms with van der Waals surface area (Å²) in [7, 11) is -3.66. The Kier molecular flexibility index (Phi) is 6.17. The summed E-state index contributed by atoms with van der Waals surface area (Å²) < 4.78 is 26.9. The van der Waals surface area contributed by atoms with Gasteiger partial charge >= 0.3 is 0 Å². The van der Waals surface area contributed by atoms with Crippen LogP contribution in [0, 0.1) is 13.8 Å². The molecule has 0 aliphatic heterocycles. The summed E-state index contributed by atoms with van der Waals surface area (Å²) in [5.41, 5.74) is 7.53. The van der Waals surface area contributed by atoms with E-state index in [9.17, 15) is 13.2 Å². The minimum absolute atomic E-state index is 0.0607. The average molecular weight is 313 g/mol. The summed E-state index contributed by atoms with van der Waals surface area (Å²) >= 11 is 0. The van der Waals surface area contributed by atoms with Crippen molar-refractivity contribution in [1.29, 1.82) is 0 Å². The van der Waals surface area contributed by atoms with Gasteiger partial charge in [0.25, 0.3) is 0 Å². The molecular formula is C14H23N3O3S. The number of aryl methyl sites for hydroxylation is 1. The van der Waals surface area contributed by atoms with Crippen molar-refractivity contribution in [1.82, 2.24) is 10.0 Å². The van der Waals surface area contributed by atoms with E-state index in [0.717, 1.165) is 12.0 Å². The van der Waals surface area contributed by atoms with Gasteiger partial charge in [0.05, 0.1) is 4.90 Å². The molecule has 0 aliphatic rings. The van der Waals surface area contributed by atoms with Crippen LogP contribution in [-0.4, -0.2) is 27.4 Å². The largest absolute Gasteiger partial charge is 0.398 e. The summed E-state index contributed by atoms with van der Waals surface area (Å²) in [4.78, 5) is 11.6. The summed E-state index contributed by atoms with van der Waals surface area (Å²) in [6.07, 6.45) is 0.957. The fourth-order valence-electron chi connectivity index (χ4n) is 1.86. The Bertz CT molecular complexity index is 612. The van der Waals surface area contributed by atoms with Crippen LogP contribution in [0.1, 0.15) is 30.9 Å². The van der Waals surface area contributed by atoms with Gasteiger partial charge in [0.2, 0.25) is 15.9 Å². The van der Waals surface area contributed by atoms with E-state index < -0.39 is 10.0 Å². The molecule has 4 N–H and O–H groups in total.